The molecule has 0 unspecified atom stereocenters. The Labute approximate surface area is 88.0 Å². The summed E-state index contributed by atoms with van der Waals surface area (Å²) in [6.45, 7) is 3.13. The number of β-amino-alcohol motifs (C(OH)–C–C–N with tert-alkyl or cyclic N) is 1. The zero-order valence-corrected chi connectivity index (χ0v) is 8.51. The van der Waals surface area contributed by atoms with Gasteiger partial charge in [-0.1, -0.05) is 0 Å². The van der Waals surface area contributed by atoms with E-state index >= 15 is 0 Å². The van der Waals surface area contributed by atoms with Crippen LogP contribution in [0.25, 0.3) is 0 Å². The number of aromatic nitrogens is 2. The molecular formula is C10H12N4O. The molecule has 1 aliphatic rings. The molecule has 0 amide bonds. The van der Waals surface area contributed by atoms with Crippen molar-refractivity contribution in [2.45, 2.75) is 19.4 Å². The maximum Gasteiger partial charge on any atom is 0.226 e. The van der Waals surface area contributed by atoms with Crippen molar-refractivity contribution >= 4 is 5.95 Å². The Hall–Kier alpha value is -1.67. The highest BCUT2D eigenvalue weighted by Crippen LogP contribution is 2.16. The number of nitrogens with zero attached hydrogens (tertiary/aromatic N) is 4. The number of nitriles is 1. The van der Waals surface area contributed by atoms with E-state index in [-0.39, 0.29) is 6.10 Å². The summed E-state index contributed by atoms with van der Waals surface area (Å²) >= 11 is 0. The summed E-state index contributed by atoms with van der Waals surface area (Å²) in [4.78, 5) is 10.3. The summed E-state index contributed by atoms with van der Waals surface area (Å²) < 4.78 is 0. The van der Waals surface area contributed by atoms with E-state index in [2.05, 4.69) is 9.97 Å². The molecule has 0 saturated carbocycles. The molecule has 1 aromatic heterocycles. The van der Waals surface area contributed by atoms with Crippen LogP contribution in [0.15, 0.2) is 6.07 Å². The highest BCUT2D eigenvalue weighted by atomic mass is 16.3. The van der Waals surface area contributed by atoms with Crippen LogP contribution in [-0.2, 0) is 0 Å². The van der Waals surface area contributed by atoms with Crippen LogP contribution in [0.3, 0.4) is 0 Å². The first-order chi connectivity index (χ1) is 7.19. The molecule has 1 aliphatic heterocycles. The molecule has 15 heavy (non-hydrogen) atoms. The number of anilines is 1. The Morgan fingerprint density at radius 3 is 3.00 bits per heavy atom. The molecule has 0 spiro atoms. The first-order valence-electron chi connectivity index (χ1n) is 4.88. The van der Waals surface area contributed by atoms with Crippen molar-refractivity contribution < 1.29 is 5.11 Å². The molecular weight excluding hydrogens is 192 g/mol. The van der Waals surface area contributed by atoms with E-state index in [4.69, 9.17) is 5.26 Å². The van der Waals surface area contributed by atoms with Crippen LogP contribution in [0.2, 0.25) is 0 Å². The maximum absolute atomic E-state index is 9.39. The van der Waals surface area contributed by atoms with Gasteiger partial charge in [-0.15, -0.1) is 0 Å². The van der Waals surface area contributed by atoms with E-state index in [9.17, 15) is 5.11 Å². The third kappa shape index (κ3) is 2.05. The van der Waals surface area contributed by atoms with Crippen molar-refractivity contribution in [2.24, 2.45) is 0 Å². The normalized spacial score (nSPS) is 20.3. The summed E-state index contributed by atoms with van der Waals surface area (Å²) in [6.07, 6.45) is 0.429. The second-order valence-electron chi connectivity index (χ2n) is 3.69. The third-order valence-electron chi connectivity index (χ3n) is 2.40. The lowest BCUT2D eigenvalue weighted by molar-refractivity contribution is 0.198. The SMILES string of the molecule is Cc1cc(C#N)nc(N2CC[C@@H](O)C2)n1. The third-order valence-corrected chi connectivity index (χ3v) is 2.40. The van der Waals surface area contributed by atoms with E-state index in [1.54, 1.807) is 6.07 Å². The summed E-state index contributed by atoms with van der Waals surface area (Å²) in [7, 11) is 0. The van der Waals surface area contributed by atoms with Crippen molar-refractivity contribution in [1.82, 2.24) is 9.97 Å². The Bertz CT molecular complexity index is 412. The fraction of sp³-hybridized carbons (Fsp3) is 0.500. The molecule has 5 nitrogen and oxygen atoms in total. The average molecular weight is 204 g/mol. The van der Waals surface area contributed by atoms with Gasteiger partial charge in [0.2, 0.25) is 5.95 Å². The van der Waals surface area contributed by atoms with Gasteiger partial charge in [0.05, 0.1) is 6.10 Å². The van der Waals surface area contributed by atoms with Crippen molar-refractivity contribution in [2.75, 3.05) is 18.0 Å². The highest BCUT2D eigenvalue weighted by Gasteiger charge is 2.22. The van der Waals surface area contributed by atoms with Gasteiger partial charge in [-0.3, -0.25) is 0 Å². The van der Waals surface area contributed by atoms with Crippen molar-refractivity contribution in [3.63, 3.8) is 0 Å². The predicted molar refractivity (Wildman–Crippen MR) is 54.3 cm³/mol. The smallest absolute Gasteiger partial charge is 0.226 e. The van der Waals surface area contributed by atoms with Crippen LogP contribution in [-0.4, -0.2) is 34.3 Å². The second-order valence-corrected chi connectivity index (χ2v) is 3.69. The number of aliphatic hydroxyl groups excluding tert-OH is 1. The average Bonchev–Trinajstić information content (AvgIpc) is 2.64. The monoisotopic (exact) mass is 204 g/mol. The number of aryl methyl sites for hydroxylation is 1. The van der Waals surface area contributed by atoms with Crippen LogP contribution >= 0.6 is 0 Å². The molecule has 0 aliphatic carbocycles. The molecule has 2 heterocycles. The van der Waals surface area contributed by atoms with Crippen LogP contribution < -0.4 is 4.90 Å². The molecule has 1 saturated heterocycles. The molecule has 0 aromatic carbocycles. The van der Waals surface area contributed by atoms with E-state index in [1.165, 1.54) is 0 Å². The maximum atomic E-state index is 9.39. The van der Waals surface area contributed by atoms with Gasteiger partial charge in [0.25, 0.3) is 0 Å². The van der Waals surface area contributed by atoms with Gasteiger partial charge in [-0.25, -0.2) is 9.97 Å². The zero-order valence-electron chi connectivity index (χ0n) is 8.51. The Balaban J connectivity index is 2.29. The van der Waals surface area contributed by atoms with Gasteiger partial charge < -0.3 is 10.0 Å². The fourth-order valence-corrected chi connectivity index (χ4v) is 1.68. The largest absolute Gasteiger partial charge is 0.391 e. The van der Waals surface area contributed by atoms with Crippen LogP contribution in [0.1, 0.15) is 17.8 Å². The minimum Gasteiger partial charge on any atom is -0.391 e. The van der Waals surface area contributed by atoms with Crippen molar-refractivity contribution in [3.8, 4) is 6.07 Å². The van der Waals surface area contributed by atoms with Gasteiger partial charge in [-0.2, -0.15) is 5.26 Å². The minimum atomic E-state index is -0.306. The van der Waals surface area contributed by atoms with Crippen LogP contribution in [0.4, 0.5) is 5.95 Å². The number of aliphatic hydroxyl groups is 1. The van der Waals surface area contributed by atoms with Gasteiger partial charge in [0.1, 0.15) is 11.8 Å². The van der Waals surface area contributed by atoms with E-state index in [0.717, 1.165) is 18.7 Å². The van der Waals surface area contributed by atoms with Gasteiger partial charge in [0, 0.05) is 18.8 Å². The van der Waals surface area contributed by atoms with Crippen LogP contribution in [0.5, 0.6) is 0 Å². The van der Waals surface area contributed by atoms with E-state index < -0.39 is 0 Å². The molecule has 1 atom stereocenters. The number of hydrogen-bond acceptors (Lipinski definition) is 5. The van der Waals surface area contributed by atoms with E-state index in [0.29, 0.717) is 18.2 Å². The van der Waals surface area contributed by atoms with Crippen LogP contribution in [0, 0.1) is 18.3 Å². The standard InChI is InChI=1S/C10H12N4O/c1-7-4-8(5-11)13-10(12-7)14-3-2-9(15)6-14/h4,9,15H,2-3,6H2,1H3/t9-/m1/s1. The topological polar surface area (TPSA) is 73.0 Å². The fourth-order valence-electron chi connectivity index (χ4n) is 1.68. The Morgan fingerprint density at radius 1 is 1.60 bits per heavy atom. The lowest BCUT2D eigenvalue weighted by atomic mass is 10.3. The molecule has 1 aromatic rings. The van der Waals surface area contributed by atoms with Crippen molar-refractivity contribution in [1.29, 1.82) is 5.26 Å². The minimum absolute atomic E-state index is 0.306. The Morgan fingerprint density at radius 2 is 2.40 bits per heavy atom. The molecule has 1 fully saturated rings. The summed E-state index contributed by atoms with van der Waals surface area (Å²) in [6, 6.07) is 3.65. The molecule has 5 heteroatoms. The van der Waals surface area contributed by atoms with E-state index in [1.807, 2.05) is 17.9 Å². The molecule has 1 N–H and O–H groups in total. The first-order valence-corrected chi connectivity index (χ1v) is 4.88. The quantitative estimate of drug-likeness (QED) is 0.708. The molecule has 2 rings (SSSR count). The van der Waals surface area contributed by atoms with Gasteiger partial charge in [-0.05, 0) is 19.4 Å². The summed E-state index contributed by atoms with van der Waals surface area (Å²) in [5, 5.41) is 18.2. The lowest BCUT2D eigenvalue weighted by Crippen LogP contribution is -2.23. The summed E-state index contributed by atoms with van der Waals surface area (Å²) in [5.74, 6) is 0.545. The molecule has 0 bridgehead atoms. The van der Waals surface area contributed by atoms with Gasteiger partial charge in [0.15, 0.2) is 0 Å². The molecule has 78 valence electrons. The first kappa shape index (κ1) is 9.87. The number of rotatable bonds is 1. The second kappa shape index (κ2) is 3.83. The number of hydrogen-bond donors (Lipinski definition) is 1. The Kier molecular flexibility index (Phi) is 2.52. The summed E-state index contributed by atoms with van der Waals surface area (Å²) in [5.41, 5.74) is 1.15. The molecule has 0 radical (unpaired) electrons. The van der Waals surface area contributed by atoms with Crippen molar-refractivity contribution in [3.05, 3.63) is 17.5 Å². The zero-order chi connectivity index (χ0) is 10.8. The highest BCUT2D eigenvalue weighted by molar-refractivity contribution is 5.37. The lowest BCUT2D eigenvalue weighted by Gasteiger charge is -2.15. The van der Waals surface area contributed by atoms with Gasteiger partial charge >= 0.3 is 0 Å². The predicted octanol–water partition coefficient (Wildman–Crippen LogP) is 0.228.